The summed E-state index contributed by atoms with van der Waals surface area (Å²) in [6.45, 7) is 13.5. The molecule has 0 aliphatic carbocycles. The molecule has 1 amide bonds. The van der Waals surface area contributed by atoms with Gasteiger partial charge in [-0.2, -0.15) is 0 Å². The lowest BCUT2D eigenvalue weighted by atomic mass is 10.1. The van der Waals surface area contributed by atoms with Gasteiger partial charge in [0.05, 0.1) is 6.61 Å². The minimum absolute atomic E-state index is 0.0993. The van der Waals surface area contributed by atoms with Crippen molar-refractivity contribution in [3.63, 3.8) is 0 Å². The van der Waals surface area contributed by atoms with E-state index in [4.69, 9.17) is 9.47 Å². The van der Waals surface area contributed by atoms with Gasteiger partial charge in [0.15, 0.2) is 5.12 Å². The van der Waals surface area contributed by atoms with Gasteiger partial charge in [-0.1, -0.05) is 32.5 Å². The van der Waals surface area contributed by atoms with E-state index >= 15 is 0 Å². The zero-order chi connectivity index (χ0) is 21.4. The summed E-state index contributed by atoms with van der Waals surface area (Å²) in [7, 11) is 0. The average Bonchev–Trinajstić information content (AvgIpc) is 2.52. The van der Waals surface area contributed by atoms with Crippen LogP contribution in [0.4, 0.5) is 0 Å². The molecule has 0 spiro atoms. The maximum Gasteiger partial charge on any atom is 0.328 e. The molecule has 0 heterocycles. The monoisotopic (exact) mass is 403 g/mol. The molecule has 0 aliphatic rings. The predicted molar refractivity (Wildman–Crippen MR) is 105 cm³/mol. The molecule has 0 bridgehead atoms. The Bertz CT molecular complexity index is 541. The Balaban J connectivity index is 5.29. The SMILES string of the molecule is CC(=O)SC[C@@H](C)C(=O)N(CC(=O)OC(C)(C)C)[C@H](C)C(=O)OCC(C)C. The van der Waals surface area contributed by atoms with Crippen molar-refractivity contribution < 1.29 is 28.7 Å². The number of hydrogen-bond donors (Lipinski definition) is 0. The maximum atomic E-state index is 12.8. The van der Waals surface area contributed by atoms with Crippen LogP contribution in [0.5, 0.6) is 0 Å². The Morgan fingerprint density at radius 2 is 1.59 bits per heavy atom. The van der Waals surface area contributed by atoms with Crippen LogP contribution in [-0.4, -0.2) is 58.4 Å². The van der Waals surface area contributed by atoms with Crippen LogP contribution in [0, 0.1) is 11.8 Å². The van der Waals surface area contributed by atoms with Gasteiger partial charge in [0, 0.05) is 18.6 Å². The Kier molecular flexibility index (Phi) is 10.7. The van der Waals surface area contributed by atoms with Crippen molar-refractivity contribution in [2.24, 2.45) is 11.8 Å². The molecule has 0 radical (unpaired) electrons. The van der Waals surface area contributed by atoms with Crippen molar-refractivity contribution in [2.75, 3.05) is 18.9 Å². The number of rotatable bonds is 9. The summed E-state index contributed by atoms with van der Waals surface area (Å²) in [4.78, 5) is 49.7. The van der Waals surface area contributed by atoms with E-state index < -0.39 is 35.4 Å². The van der Waals surface area contributed by atoms with E-state index in [1.807, 2.05) is 13.8 Å². The fraction of sp³-hybridized carbons (Fsp3) is 0.789. The van der Waals surface area contributed by atoms with Crippen LogP contribution in [0.25, 0.3) is 0 Å². The molecule has 0 aromatic rings. The van der Waals surface area contributed by atoms with Crippen LogP contribution in [0.15, 0.2) is 0 Å². The van der Waals surface area contributed by atoms with E-state index in [1.165, 1.54) is 18.7 Å². The first-order chi connectivity index (χ1) is 12.2. The third-order valence-electron chi connectivity index (χ3n) is 3.33. The number of amides is 1. The minimum Gasteiger partial charge on any atom is -0.464 e. The number of hydrogen-bond acceptors (Lipinski definition) is 7. The number of esters is 2. The zero-order valence-electron chi connectivity index (χ0n) is 17.7. The highest BCUT2D eigenvalue weighted by atomic mass is 32.2. The first-order valence-corrected chi connectivity index (χ1v) is 10.1. The van der Waals surface area contributed by atoms with Crippen molar-refractivity contribution in [3.05, 3.63) is 0 Å². The van der Waals surface area contributed by atoms with Gasteiger partial charge in [0.2, 0.25) is 5.91 Å². The molecule has 27 heavy (non-hydrogen) atoms. The third-order valence-corrected chi connectivity index (χ3v) is 4.40. The largest absolute Gasteiger partial charge is 0.464 e. The Morgan fingerprint density at radius 1 is 1.04 bits per heavy atom. The molecule has 0 rings (SSSR count). The van der Waals surface area contributed by atoms with Crippen LogP contribution in [0.3, 0.4) is 0 Å². The summed E-state index contributed by atoms with van der Waals surface area (Å²) in [6, 6.07) is -0.937. The highest BCUT2D eigenvalue weighted by Crippen LogP contribution is 2.16. The number of ether oxygens (including phenoxy) is 2. The molecule has 0 saturated carbocycles. The number of carbonyl (C=O) groups is 4. The lowest BCUT2D eigenvalue weighted by Crippen LogP contribution is -2.50. The second-order valence-electron chi connectivity index (χ2n) is 7.96. The van der Waals surface area contributed by atoms with Gasteiger partial charge >= 0.3 is 11.9 Å². The van der Waals surface area contributed by atoms with Gasteiger partial charge in [-0.05, 0) is 33.6 Å². The molecule has 0 N–H and O–H groups in total. The molecule has 2 atom stereocenters. The molecular formula is C19H33NO6S. The van der Waals surface area contributed by atoms with Crippen LogP contribution < -0.4 is 0 Å². The minimum atomic E-state index is -0.937. The van der Waals surface area contributed by atoms with E-state index in [0.29, 0.717) is 0 Å². The van der Waals surface area contributed by atoms with Crippen molar-refractivity contribution >= 4 is 34.7 Å². The maximum absolute atomic E-state index is 12.8. The quantitative estimate of drug-likeness (QED) is 0.547. The molecule has 156 valence electrons. The topological polar surface area (TPSA) is 90.0 Å². The van der Waals surface area contributed by atoms with Crippen molar-refractivity contribution in [1.29, 1.82) is 0 Å². The summed E-state index contributed by atoms with van der Waals surface area (Å²) in [5, 5.41) is -0.0993. The van der Waals surface area contributed by atoms with Crippen LogP contribution in [0.1, 0.15) is 55.4 Å². The average molecular weight is 404 g/mol. The van der Waals surface area contributed by atoms with Gasteiger partial charge in [-0.3, -0.25) is 14.4 Å². The predicted octanol–water partition coefficient (Wildman–Crippen LogP) is 2.66. The molecule has 0 aliphatic heterocycles. The molecule has 0 fully saturated rings. The number of carbonyl (C=O) groups excluding carboxylic acids is 4. The molecule has 0 saturated heterocycles. The van der Waals surface area contributed by atoms with Crippen molar-refractivity contribution in [1.82, 2.24) is 4.90 Å². The van der Waals surface area contributed by atoms with E-state index in [-0.39, 0.29) is 29.9 Å². The summed E-state index contributed by atoms with van der Waals surface area (Å²) in [6.07, 6.45) is 0. The molecule has 8 heteroatoms. The Morgan fingerprint density at radius 3 is 2.04 bits per heavy atom. The summed E-state index contributed by atoms with van der Waals surface area (Å²) < 4.78 is 10.5. The van der Waals surface area contributed by atoms with E-state index in [2.05, 4.69) is 0 Å². The van der Waals surface area contributed by atoms with Gasteiger partial charge in [0.25, 0.3) is 0 Å². The zero-order valence-corrected chi connectivity index (χ0v) is 18.5. The third kappa shape index (κ3) is 11.0. The standard InChI is InChI=1S/C19H33NO6S/c1-12(2)10-25-18(24)14(4)20(9-16(22)26-19(6,7)8)17(23)13(3)11-27-15(5)21/h12-14H,9-11H2,1-8H3/t13-,14-/m1/s1. The normalized spacial score (nSPS) is 13.7. The molecule has 0 unspecified atom stereocenters. The molecule has 0 aromatic heterocycles. The molecule has 7 nitrogen and oxygen atoms in total. The fourth-order valence-electron chi connectivity index (χ4n) is 2.01. The smallest absolute Gasteiger partial charge is 0.328 e. The van der Waals surface area contributed by atoms with E-state index in [1.54, 1.807) is 27.7 Å². The number of thioether (sulfide) groups is 1. The van der Waals surface area contributed by atoms with Crippen LogP contribution in [-0.2, 0) is 28.7 Å². The van der Waals surface area contributed by atoms with Crippen LogP contribution in [0.2, 0.25) is 0 Å². The fourth-order valence-corrected chi connectivity index (χ4v) is 2.64. The van der Waals surface area contributed by atoms with Crippen LogP contribution >= 0.6 is 11.8 Å². The second kappa shape index (κ2) is 11.3. The van der Waals surface area contributed by atoms with Gasteiger partial charge in [-0.15, -0.1) is 0 Å². The lowest BCUT2D eigenvalue weighted by molar-refractivity contribution is -0.164. The summed E-state index contributed by atoms with van der Waals surface area (Å²) in [5.74, 6) is -1.70. The van der Waals surface area contributed by atoms with Gasteiger partial charge in [-0.25, -0.2) is 4.79 Å². The lowest BCUT2D eigenvalue weighted by Gasteiger charge is -2.30. The second-order valence-corrected chi connectivity index (χ2v) is 9.15. The highest BCUT2D eigenvalue weighted by Gasteiger charge is 2.33. The number of nitrogens with zero attached hydrogens (tertiary/aromatic N) is 1. The van der Waals surface area contributed by atoms with Crippen molar-refractivity contribution in [2.45, 2.75) is 67.0 Å². The van der Waals surface area contributed by atoms with E-state index in [0.717, 1.165) is 11.8 Å². The van der Waals surface area contributed by atoms with Gasteiger partial charge < -0.3 is 14.4 Å². The Hall–Kier alpha value is -1.57. The molecular weight excluding hydrogens is 370 g/mol. The van der Waals surface area contributed by atoms with Gasteiger partial charge in [0.1, 0.15) is 18.2 Å². The highest BCUT2D eigenvalue weighted by molar-refractivity contribution is 8.13. The Labute approximate surface area is 166 Å². The summed E-state index contributed by atoms with van der Waals surface area (Å²) >= 11 is 1.03. The first kappa shape index (κ1) is 25.4. The first-order valence-electron chi connectivity index (χ1n) is 9.07. The molecule has 0 aromatic carbocycles. The summed E-state index contributed by atoms with van der Waals surface area (Å²) in [5.41, 5.74) is -0.705. The van der Waals surface area contributed by atoms with Crippen molar-refractivity contribution in [3.8, 4) is 0 Å². The van der Waals surface area contributed by atoms with E-state index in [9.17, 15) is 19.2 Å².